The standard InChI is InChI=1S/C18H19N3O6S/c1-10-15(17(23)25-2)16(21-18(24)19-10)28-9-14(22)20-11-4-5-12-13(8-11)27-7-3-6-26-12/h4-5,8H,3,6-7,9H2,1-2H3,(H,20,22)(H,19,21,24). The molecule has 0 aliphatic carbocycles. The third kappa shape index (κ3) is 4.63. The number of nitrogens with one attached hydrogen (secondary N) is 2. The summed E-state index contributed by atoms with van der Waals surface area (Å²) in [5.41, 5.74) is 0.419. The molecule has 0 bridgehead atoms. The first kappa shape index (κ1) is 19.7. The molecule has 1 aliphatic rings. The molecule has 2 heterocycles. The normalized spacial score (nSPS) is 12.8. The van der Waals surface area contributed by atoms with Crippen molar-refractivity contribution in [3.8, 4) is 11.5 Å². The van der Waals surface area contributed by atoms with Gasteiger partial charge in [0, 0.05) is 23.9 Å². The number of rotatable bonds is 5. The van der Waals surface area contributed by atoms with E-state index in [0.717, 1.165) is 18.2 Å². The molecule has 3 rings (SSSR count). The minimum absolute atomic E-state index is 0.0473. The maximum atomic E-state index is 12.3. The van der Waals surface area contributed by atoms with Crippen molar-refractivity contribution in [1.82, 2.24) is 9.97 Å². The largest absolute Gasteiger partial charge is 0.490 e. The fourth-order valence-electron chi connectivity index (χ4n) is 2.58. The van der Waals surface area contributed by atoms with Gasteiger partial charge in [0.05, 0.1) is 26.1 Å². The first-order chi connectivity index (χ1) is 13.5. The molecule has 1 aromatic carbocycles. The number of aryl methyl sites for hydroxylation is 1. The monoisotopic (exact) mass is 405 g/mol. The lowest BCUT2D eigenvalue weighted by Crippen LogP contribution is -2.20. The minimum atomic E-state index is -0.632. The number of amides is 1. The lowest BCUT2D eigenvalue weighted by atomic mass is 10.2. The van der Waals surface area contributed by atoms with Crippen molar-refractivity contribution in [1.29, 1.82) is 0 Å². The highest BCUT2D eigenvalue weighted by Crippen LogP contribution is 2.32. The van der Waals surface area contributed by atoms with Gasteiger partial charge in [0.25, 0.3) is 0 Å². The average Bonchev–Trinajstić information content (AvgIpc) is 2.90. The number of H-pyrrole nitrogens is 1. The van der Waals surface area contributed by atoms with E-state index in [2.05, 4.69) is 15.3 Å². The van der Waals surface area contributed by atoms with Gasteiger partial charge in [0.15, 0.2) is 11.5 Å². The molecule has 0 fully saturated rings. The van der Waals surface area contributed by atoms with E-state index in [-0.39, 0.29) is 22.2 Å². The van der Waals surface area contributed by atoms with Crippen LogP contribution in [-0.2, 0) is 9.53 Å². The predicted octanol–water partition coefficient (Wildman–Crippen LogP) is 1.76. The number of aromatic nitrogens is 2. The van der Waals surface area contributed by atoms with Gasteiger partial charge in [0.2, 0.25) is 5.91 Å². The van der Waals surface area contributed by atoms with Crippen LogP contribution in [0.2, 0.25) is 0 Å². The van der Waals surface area contributed by atoms with Gasteiger partial charge in [-0.15, -0.1) is 0 Å². The van der Waals surface area contributed by atoms with Crippen LogP contribution < -0.4 is 20.5 Å². The summed E-state index contributed by atoms with van der Waals surface area (Å²) < 4.78 is 15.9. The molecule has 2 N–H and O–H groups in total. The van der Waals surface area contributed by atoms with E-state index in [9.17, 15) is 14.4 Å². The molecule has 2 aromatic rings. The topological polar surface area (TPSA) is 120 Å². The number of nitrogens with zero attached hydrogens (tertiary/aromatic N) is 1. The van der Waals surface area contributed by atoms with Crippen molar-refractivity contribution in [2.45, 2.75) is 18.4 Å². The third-order valence-electron chi connectivity index (χ3n) is 3.85. The molecule has 0 unspecified atom stereocenters. The molecule has 0 saturated carbocycles. The van der Waals surface area contributed by atoms with Gasteiger partial charge in [-0.05, 0) is 19.1 Å². The Morgan fingerprint density at radius 3 is 2.79 bits per heavy atom. The molecule has 1 aromatic heterocycles. The van der Waals surface area contributed by atoms with Crippen molar-refractivity contribution in [2.75, 3.05) is 31.4 Å². The fraction of sp³-hybridized carbons (Fsp3) is 0.333. The summed E-state index contributed by atoms with van der Waals surface area (Å²) in [4.78, 5) is 42.1. The number of hydrogen-bond donors (Lipinski definition) is 2. The van der Waals surface area contributed by atoms with Crippen LogP contribution in [0.3, 0.4) is 0 Å². The molecule has 0 atom stereocenters. The van der Waals surface area contributed by atoms with Crippen molar-refractivity contribution < 1.29 is 23.8 Å². The molecule has 148 valence electrons. The van der Waals surface area contributed by atoms with Gasteiger partial charge in [-0.3, -0.25) is 4.79 Å². The Balaban J connectivity index is 1.69. The van der Waals surface area contributed by atoms with Gasteiger partial charge < -0.3 is 24.5 Å². The lowest BCUT2D eigenvalue weighted by Gasteiger charge is -2.11. The number of anilines is 1. The number of aromatic amines is 1. The van der Waals surface area contributed by atoms with Crippen LogP contribution in [0.1, 0.15) is 22.5 Å². The zero-order valence-electron chi connectivity index (χ0n) is 15.4. The summed E-state index contributed by atoms with van der Waals surface area (Å²) in [7, 11) is 1.23. The number of methoxy groups -OCH3 is 1. The number of hydrogen-bond acceptors (Lipinski definition) is 8. The van der Waals surface area contributed by atoms with Gasteiger partial charge >= 0.3 is 11.7 Å². The Morgan fingerprint density at radius 1 is 1.29 bits per heavy atom. The molecular weight excluding hydrogens is 386 g/mol. The second-order valence-electron chi connectivity index (χ2n) is 5.89. The number of esters is 1. The Morgan fingerprint density at radius 2 is 2.04 bits per heavy atom. The van der Waals surface area contributed by atoms with Crippen molar-refractivity contribution in [3.63, 3.8) is 0 Å². The van der Waals surface area contributed by atoms with E-state index in [1.54, 1.807) is 25.1 Å². The van der Waals surface area contributed by atoms with E-state index in [1.165, 1.54) is 7.11 Å². The van der Waals surface area contributed by atoms with E-state index in [4.69, 9.17) is 14.2 Å². The van der Waals surface area contributed by atoms with E-state index in [0.29, 0.717) is 36.1 Å². The van der Waals surface area contributed by atoms with Crippen LogP contribution in [0, 0.1) is 6.92 Å². The van der Waals surface area contributed by atoms with Crippen LogP contribution in [0.4, 0.5) is 5.69 Å². The zero-order chi connectivity index (χ0) is 20.1. The molecule has 0 saturated heterocycles. The first-order valence-electron chi connectivity index (χ1n) is 8.49. The van der Waals surface area contributed by atoms with Crippen LogP contribution in [0.5, 0.6) is 11.5 Å². The van der Waals surface area contributed by atoms with Gasteiger partial charge in [-0.2, -0.15) is 4.98 Å². The Hall–Kier alpha value is -3.01. The maximum absolute atomic E-state index is 12.3. The maximum Gasteiger partial charge on any atom is 0.346 e. The fourth-order valence-corrected chi connectivity index (χ4v) is 3.45. The number of fused-ring (bicyclic) bond motifs is 1. The zero-order valence-corrected chi connectivity index (χ0v) is 16.2. The van der Waals surface area contributed by atoms with E-state index >= 15 is 0 Å². The smallest absolute Gasteiger partial charge is 0.346 e. The molecule has 1 amide bonds. The molecule has 0 spiro atoms. The average molecular weight is 405 g/mol. The number of carbonyl (C=O) groups is 2. The third-order valence-corrected chi connectivity index (χ3v) is 4.82. The summed E-state index contributed by atoms with van der Waals surface area (Å²) in [6.45, 7) is 2.70. The number of ether oxygens (including phenoxy) is 3. The summed E-state index contributed by atoms with van der Waals surface area (Å²) in [6.07, 6.45) is 0.790. The van der Waals surface area contributed by atoms with E-state index in [1.807, 2.05) is 0 Å². The van der Waals surface area contributed by atoms with E-state index < -0.39 is 11.7 Å². The lowest BCUT2D eigenvalue weighted by molar-refractivity contribution is -0.113. The van der Waals surface area contributed by atoms with Gasteiger partial charge in [-0.1, -0.05) is 11.8 Å². The highest BCUT2D eigenvalue weighted by Gasteiger charge is 2.19. The summed E-state index contributed by atoms with van der Waals surface area (Å²) in [5, 5.41) is 2.89. The van der Waals surface area contributed by atoms with Crippen molar-refractivity contribution in [2.24, 2.45) is 0 Å². The number of thioether (sulfide) groups is 1. The van der Waals surface area contributed by atoms with Crippen LogP contribution in [0.15, 0.2) is 28.0 Å². The molecular formula is C18H19N3O6S. The second-order valence-corrected chi connectivity index (χ2v) is 6.85. The molecule has 0 radical (unpaired) electrons. The second kappa shape index (κ2) is 8.79. The van der Waals surface area contributed by atoms with Crippen LogP contribution >= 0.6 is 11.8 Å². The summed E-state index contributed by atoms with van der Waals surface area (Å²) in [6, 6.07) is 5.14. The van der Waals surface area contributed by atoms with Gasteiger partial charge in [0.1, 0.15) is 10.6 Å². The highest BCUT2D eigenvalue weighted by molar-refractivity contribution is 8.00. The Bertz CT molecular complexity index is 959. The van der Waals surface area contributed by atoms with Crippen molar-refractivity contribution in [3.05, 3.63) is 39.9 Å². The van der Waals surface area contributed by atoms with Crippen LogP contribution in [0.25, 0.3) is 0 Å². The molecule has 1 aliphatic heterocycles. The molecule has 9 nitrogen and oxygen atoms in total. The highest BCUT2D eigenvalue weighted by atomic mass is 32.2. The molecule has 10 heteroatoms. The molecule has 28 heavy (non-hydrogen) atoms. The number of carbonyl (C=O) groups excluding carboxylic acids is 2. The number of benzene rings is 1. The Kier molecular flexibility index (Phi) is 6.19. The predicted molar refractivity (Wildman–Crippen MR) is 102 cm³/mol. The van der Waals surface area contributed by atoms with Crippen molar-refractivity contribution >= 4 is 29.3 Å². The minimum Gasteiger partial charge on any atom is -0.490 e. The summed E-state index contributed by atoms with van der Waals surface area (Å²) >= 11 is 0.979. The van der Waals surface area contributed by atoms with Gasteiger partial charge in [-0.25, -0.2) is 9.59 Å². The van der Waals surface area contributed by atoms with Crippen LogP contribution in [-0.4, -0.2) is 47.9 Å². The first-order valence-corrected chi connectivity index (χ1v) is 9.48. The SMILES string of the molecule is COC(=O)c1c(SCC(=O)Nc2ccc3c(c2)OCCCO3)nc(=O)[nH]c1C. The Labute approximate surface area is 164 Å². The summed E-state index contributed by atoms with van der Waals surface area (Å²) in [5.74, 6) is 0.203. The quantitative estimate of drug-likeness (QED) is 0.439.